The molecular weight excluding hydrogens is 516 g/mol. The topological polar surface area (TPSA) is 67.7 Å². The highest BCUT2D eigenvalue weighted by molar-refractivity contribution is 9.10. The summed E-state index contributed by atoms with van der Waals surface area (Å²) in [7, 11) is 2.73. The highest BCUT2D eigenvalue weighted by atomic mass is 79.9. The van der Waals surface area contributed by atoms with Crippen molar-refractivity contribution in [3.8, 4) is 17.6 Å². The van der Waals surface area contributed by atoms with Crippen molar-refractivity contribution < 1.29 is 27.1 Å². The molecule has 2 heterocycles. The lowest BCUT2D eigenvalue weighted by molar-refractivity contribution is -0.0330. The van der Waals surface area contributed by atoms with Gasteiger partial charge >= 0.3 is 5.51 Å². The Balaban J connectivity index is 1.87. The molecule has 12 heteroatoms. The molecule has 0 atom stereocenters. The molecule has 0 bridgehead atoms. The van der Waals surface area contributed by atoms with Crippen LogP contribution in [0.5, 0.6) is 5.75 Å². The lowest BCUT2D eigenvalue weighted by Gasteiger charge is -2.11. The molecule has 0 saturated carbocycles. The molecule has 32 heavy (non-hydrogen) atoms. The molecule has 0 fully saturated rings. The summed E-state index contributed by atoms with van der Waals surface area (Å²) in [5.74, 6) is 4.14. The molecule has 0 aliphatic heterocycles. The number of pyridine rings is 1. The van der Waals surface area contributed by atoms with Gasteiger partial charge in [-0.2, -0.15) is 13.2 Å². The first-order valence-electron chi connectivity index (χ1n) is 8.89. The van der Waals surface area contributed by atoms with Crippen LogP contribution in [0.3, 0.4) is 0 Å². The number of hydrogen-bond donors (Lipinski definition) is 2. The van der Waals surface area contributed by atoms with Crippen molar-refractivity contribution in [3.05, 3.63) is 52.0 Å². The summed E-state index contributed by atoms with van der Waals surface area (Å²) in [5.41, 5.74) is -4.23. The van der Waals surface area contributed by atoms with Gasteiger partial charge in [-0.25, -0.2) is 9.37 Å². The van der Waals surface area contributed by atoms with Gasteiger partial charge in [-0.3, -0.25) is 9.20 Å². The number of imidazole rings is 1. The SMILES string of the molecule is CNC(=O)c1cc(OC)c(NCC#Cc2nc3c(Br)cccn3c2SC(F)(F)F)cc1F. The van der Waals surface area contributed by atoms with Crippen LogP contribution < -0.4 is 15.4 Å². The number of thioether (sulfide) groups is 1. The zero-order valence-corrected chi connectivity index (χ0v) is 19.0. The second-order valence-electron chi connectivity index (χ2n) is 6.13. The van der Waals surface area contributed by atoms with E-state index >= 15 is 0 Å². The average molecular weight is 531 g/mol. The van der Waals surface area contributed by atoms with Crippen molar-refractivity contribution >= 4 is 44.9 Å². The predicted molar refractivity (Wildman–Crippen MR) is 117 cm³/mol. The molecule has 0 unspecified atom stereocenters. The minimum Gasteiger partial charge on any atom is -0.495 e. The summed E-state index contributed by atoms with van der Waals surface area (Å²) in [4.78, 5) is 15.9. The van der Waals surface area contributed by atoms with Crippen LogP contribution in [0.1, 0.15) is 16.1 Å². The maximum atomic E-state index is 14.2. The molecule has 0 aliphatic carbocycles. The van der Waals surface area contributed by atoms with E-state index in [0.29, 0.717) is 10.1 Å². The Kier molecular flexibility index (Phi) is 7.20. The van der Waals surface area contributed by atoms with Crippen molar-refractivity contribution in [1.29, 1.82) is 0 Å². The summed E-state index contributed by atoms with van der Waals surface area (Å²) < 4.78 is 60.4. The van der Waals surface area contributed by atoms with Crippen LogP contribution in [-0.4, -0.2) is 41.5 Å². The lowest BCUT2D eigenvalue weighted by atomic mass is 10.1. The monoisotopic (exact) mass is 530 g/mol. The van der Waals surface area contributed by atoms with E-state index in [1.807, 2.05) is 0 Å². The summed E-state index contributed by atoms with van der Waals surface area (Å²) in [6.45, 7) is -0.0414. The molecule has 1 aromatic carbocycles. The van der Waals surface area contributed by atoms with Crippen LogP contribution in [0, 0.1) is 17.7 Å². The summed E-state index contributed by atoms with van der Waals surface area (Å²) in [5, 5.41) is 4.99. The van der Waals surface area contributed by atoms with Crippen LogP contribution in [0.2, 0.25) is 0 Å². The Morgan fingerprint density at radius 1 is 1.38 bits per heavy atom. The highest BCUT2D eigenvalue weighted by Gasteiger charge is 2.33. The van der Waals surface area contributed by atoms with Crippen LogP contribution >= 0.6 is 27.7 Å². The number of nitrogens with zero attached hydrogens (tertiary/aromatic N) is 2. The zero-order chi connectivity index (χ0) is 23.5. The number of methoxy groups -OCH3 is 1. The van der Waals surface area contributed by atoms with E-state index in [-0.39, 0.29) is 46.0 Å². The van der Waals surface area contributed by atoms with E-state index in [1.54, 1.807) is 12.1 Å². The van der Waals surface area contributed by atoms with Crippen LogP contribution in [-0.2, 0) is 0 Å². The average Bonchev–Trinajstić information content (AvgIpc) is 3.08. The predicted octanol–water partition coefficient (Wildman–Crippen LogP) is 4.68. The third kappa shape index (κ3) is 5.28. The van der Waals surface area contributed by atoms with Gasteiger partial charge in [0.1, 0.15) is 22.3 Å². The Hall–Kier alpha value is -2.91. The highest BCUT2D eigenvalue weighted by Crippen LogP contribution is 2.39. The van der Waals surface area contributed by atoms with E-state index in [4.69, 9.17) is 4.74 Å². The lowest BCUT2D eigenvalue weighted by Crippen LogP contribution is -2.19. The number of carbonyl (C=O) groups is 1. The number of fused-ring (bicyclic) bond motifs is 1. The molecular formula is C20H15BrF4N4O2S. The molecule has 1 amide bonds. The number of carbonyl (C=O) groups excluding carboxylic acids is 1. The Labute approximate surface area is 192 Å². The fraction of sp³-hybridized carbons (Fsp3) is 0.200. The second kappa shape index (κ2) is 9.70. The standard InChI is InChI=1S/C20H15BrF4N4O2S/c1-26-18(30)11-9-16(31-2)15(10-13(11)22)27-7-3-6-14-19(32-20(23,24)25)29-8-4-5-12(21)17(29)28-14/h4-5,8-10,27H,7H2,1-2H3,(H,26,30). The van der Waals surface area contributed by atoms with Gasteiger partial charge in [0.15, 0.2) is 5.65 Å². The van der Waals surface area contributed by atoms with Crippen LogP contribution in [0.4, 0.5) is 23.2 Å². The van der Waals surface area contributed by atoms with Gasteiger partial charge in [0.05, 0.1) is 29.4 Å². The second-order valence-corrected chi connectivity index (χ2v) is 8.04. The summed E-state index contributed by atoms with van der Waals surface area (Å²) in [6.07, 6.45) is 1.46. The Morgan fingerprint density at radius 2 is 2.12 bits per heavy atom. The number of halogens is 5. The van der Waals surface area contributed by atoms with Crippen LogP contribution in [0.15, 0.2) is 40.0 Å². The van der Waals surface area contributed by atoms with E-state index in [0.717, 1.165) is 6.07 Å². The van der Waals surface area contributed by atoms with Gasteiger partial charge in [0, 0.05) is 31.1 Å². The van der Waals surface area contributed by atoms with Gasteiger partial charge < -0.3 is 15.4 Å². The molecule has 6 nitrogen and oxygen atoms in total. The van der Waals surface area contributed by atoms with Crippen molar-refractivity contribution in [2.75, 3.05) is 26.0 Å². The minimum atomic E-state index is -4.52. The zero-order valence-electron chi connectivity index (χ0n) is 16.6. The molecule has 0 spiro atoms. The maximum absolute atomic E-state index is 14.2. The maximum Gasteiger partial charge on any atom is 0.447 e. The molecule has 168 valence electrons. The largest absolute Gasteiger partial charge is 0.495 e. The molecule has 0 saturated heterocycles. The van der Waals surface area contributed by atoms with E-state index in [2.05, 4.69) is 43.4 Å². The van der Waals surface area contributed by atoms with Gasteiger partial charge in [-0.1, -0.05) is 5.92 Å². The van der Waals surface area contributed by atoms with Crippen molar-refractivity contribution in [3.63, 3.8) is 0 Å². The first-order valence-corrected chi connectivity index (χ1v) is 10.5. The Morgan fingerprint density at radius 3 is 2.78 bits per heavy atom. The minimum absolute atomic E-state index is 0.0414. The molecule has 3 rings (SSSR count). The van der Waals surface area contributed by atoms with Crippen molar-refractivity contribution in [2.45, 2.75) is 10.5 Å². The number of alkyl halides is 3. The normalized spacial score (nSPS) is 11.1. The number of nitrogens with one attached hydrogen (secondary N) is 2. The number of aromatic nitrogens is 2. The summed E-state index contributed by atoms with van der Waals surface area (Å²) >= 11 is 2.96. The van der Waals surface area contributed by atoms with Gasteiger partial charge in [0.25, 0.3) is 5.91 Å². The Bertz CT molecular complexity index is 1230. The van der Waals surface area contributed by atoms with Crippen molar-refractivity contribution in [1.82, 2.24) is 14.7 Å². The van der Waals surface area contributed by atoms with E-state index in [9.17, 15) is 22.4 Å². The van der Waals surface area contributed by atoms with Crippen molar-refractivity contribution in [2.24, 2.45) is 0 Å². The van der Waals surface area contributed by atoms with Crippen LogP contribution in [0.25, 0.3) is 5.65 Å². The molecule has 0 radical (unpaired) electrons. The van der Waals surface area contributed by atoms with E-state index in [1.165, 1.54) is 30.8 Å². The number of benzene rings is 1. The quantitative estimate of drug-likeness (QED) is 0.285. The fourth-order valence-electron chi connectivity index (χ4n) is 2.74. The number of anilines is 1. The summed E-state index contributed by atoms with van der Waals surface area (Å²) in [6, 6.07) is 5.56. The third-order valence-corrected chi connectivity index (χ3v) is 5.54. The number of ether oxygens (including phenoxy) is 1. The molecule has 3 aromatic rings. The molecule has 2 N–H and O–H groups in total. The number of rotatable bonds is 5. The number of hydrogen-bond acceptors (Lipinski definition) is 5. The fourth-order valence-corrected chi connectivity index (χ4v) is 3.83. The first kappa shape index (κ1) is 23.7. The molecule has 2 aromatic heterocycles. The van der Waals surface area contributed by atoms with E-state index < -0.39 is 17.2 Å². The van der Waals surface area contributed by atoms with Gasteiger partial charge in [0.2, 0.25) is 0 Å². The number of amides is 1. The third-order valence-electron chi connectivity index (χ3n) is 4.11. The van der Waals surface area contributed by atoms with Gasteiger partial charge in [-0.15, -0.1) is 0 Å². The smallest absolute Gasteiger partial charge is 0.447 e. The first-order chi connectivity index (χ1) is 15.1. The molecule has 0 aliphatic rings. The van der Waals surface area contributed by atoms with Gasteiger partial charge in [-0.05, 0) is 40.0 Å².